The van der Waals surface area contributed by atoms with Crippen LogP contribution in [0.3, 0.4) is 0 Å². The molecule has 0 aliphatic carbocycles. The van der Waals surface area contributed by atoms with Crippen molar-refractivity contribution in [3.8, 4) is 0 Å². The molecule has 1 heterocycles. The van der Waals surface area contributed by atoms with Gasteiger partial charge >= 0.3 is 0 Å². The van der Waals surface area contributed by atoms with Crippen LogP contribution in [-0.4, -0.2) is 32.8 Å². The molecule has 1 aliphatic heterocycles. The molecule has 1 aromatic carbocycles. The molecule has 2 rings (SSSR count). The van der Waals surface area contributed by atoms with Gasteiger partial charge in [0.1, 0.15) is 0 Å². The average molecular weight is 248 g/mol. The van der Waals surface area contributed by atoms with Crippen LogP contribution in [-0.2, 0) is 17.7 Å². The summed E-state index contributed by atoms with van der Waals surface area (Å²) in [5, 5.41) is 3.47. The van der Waals surface area contributed by atoms with Gasteiger partial charge in [-0.1, -0.05) is 12.1 Å². The van der Waals surface area contributed by atoms with Crippen molar-refractivity contribution in [3.63, 3.8) is 0 Å². The number of fused-ring (bicyclic) bond motifs is 1. The van der Waals surface area contributed by atoms with E-state index in [1.807, 2.05) is 0 Å². The third kappa shape index (κ3) is 2.68. The lowest BCUT2D eigenvalue weighted by Gasteiger charge is -2.33. The number of nitrogens with zero attached hydrogens (tertiary/aromatic N) is 1. The zero-order valence-electron chi connectivity index (χ0n) is 11.7. The molecule has 1 atom stereocenters. The molecular formula is C15H24N2O. The minimum Gasteiger partial charge on any atom is -0.383 e. The second-order valence-corrected chi connectivity index (χ2v) is 4.93. The Hall–Kier alpha value is -1.06. The maximum atomic E-state index is 5.29. The lowest BCUT2D eigenvalue weighted by molar-refractivity contribution is 0.182. The van der Waals surface area contributed by atoms with Gasteiger partial charge in [0.25, 0.3) is 0 Å². The van der Waals surface area contributed by atoms with Gasteiger partial charge in [0.15, 0.2) is 0 Å². The molecule has 1 N–H and O–H groups in total. The molecule has 3 heteroatoms. The van der Waals surface area contributed by atoms with Gasteiger partial charge in [0, 0.05) is 31.9 Å². The number of ether oxygens (including phenoxy) is 1. The van der Waals surface area contributed by atoms with Crippen molar-refractivity contribution in [1.82, 2.24) is 5.32 Å². The lowest BCUT2D eigenvalue weighted by atomic mass is 9.98. The van der Waals surface area contributed by atoms with Gasteiger partial charge in [-0.3, -0.25) is 0 Å². The molecule has 100 valence electrons. The van der Waals surface area contributed by atoms with Gasteiger partial charge in [-0.25, -0.2) is 0 Å². The number of hydrogen-bond acceptors (Lipinski definition) is 3. The highest BCUT2D eigenvalue weighted by molar-refractivity contribution is 5.58. The van der Waals surface area contributed by atoms with E-state index in [4.69, 9.17) is 4.74 Å². The standard InChI is InChI=1S/C15H24N2O/c1-4-17(12(2)11-18-3)15-7-5-6-13-8-9-16-10-14(13)15/h5-7,12,16H,4,8-11H2,1-3H3. The van der Waals surface area contributed by atoms with Crippen LogP contribution in [0.2, 0.25) is 0 Å². The van der Waals surface area contributed by atoms with Crippen LogP contribution in [0.1, 0.15) is 25.0 Å². The van der Waals surface area contributed by atoms with E-state index in [9.17, 15) is 0 Å². The average Bonchev–Trinajstić information content (AvgIpc) is 2.40. The monoisotopic (exact) mass is 248 g/mol. The SMILES string of the molecule is CCN(c1cccc2c1CNCC2)C(C)COC. The molecule has 0 bridgehead atoms. The van der Waals surface area contributed by atoms with Gasteiger partial charge in [0.2, 0.25) is 0 Å². The Morgan fingerprint density at radius 2 is 2.28 bits per heavy atom. The fraction of sp³-hybridized carbons (Fsp3) is 0.600. The molecule has 0 spiro atoms. The van der Waals surface area contributed by atoms with E-state index in [1.165, 1.54) is 16.8 Å². The minimum atomic E-state index is 0.411. The normalized spacial score (nSPS) is 16.2. The van der Waals surface area contributed by atoms with Crippen molar-refractivity contribution in [3.05, 3.63) is 29.3 Å². The number of nitrogens with one attached hydrogen (secondary N) is 1. The smallest absolute Gasteiger partial charge is 0.0663 e. The first-order valence-corrected chi connectivity index (χ1v) is 6.85. The zero-order valence-corrected chi connectivity index (χ0v) is 11.7. The number of likely N-dealkylation sites (N-methyl/N-ethyl adjacent to an activating group) is 1. The molecular weight excluding hydrogens is 224 g/mol. The fourth-order valence-corrected chi connectivity index (χ4v) is 2.82. The number of anilines is 1. The van der Waals surface area contributed by atoms with Crippen LogP contribution in [0, 0.1) is 0 Å². The Balaban J connectivity index is 2.30. The molecule has 18 heavy (non-hydrogen) atoms. The maximum Gasteiger partial charge on any atom is 0.0663 e. The van der Waals surface area contributed by atoms with E-state index >= 15 is 0 Å². The molecule has 3 nitrogen and oxygen atoms in total. The fourth-order valence-electron chi connectivity index (χ4n) is 2.82. The summed E-state index contributed by atoms with van der Waals surface area (Å²) in [6, 6.07) is 7.09. The Bertz CT molecular complexity index is 392. The summed E-state index contributed by atoms with van der Waals surface area (Å²) < 4.78 is 5.29. The van der Waals surface area contributed by atoms with E-state index < -0.39 is 0 Å². The summed E-state index contributed by atoms with van der Waals surface area (Å²) in [4.78, 5) is 2.44. The van der Waals surface area contributed by atoms with Crippen molar-refractivity contribution in [2.75, 3.05) is 31.7 Å². The van der Waals surface area contributed by atoms with E-state index in [1.54, 1.807) is 7.11 Å². The van der Waals surface area contributed by atoms with Gasteiger partial charge in [-0.2, -0.15) is 0 Å². The first-order valence-electron chi connectivity index (χ1n) is 6.85. The Labute approximate surface area is 110 Å². The van der Waals surface area contributed by atoms with Gasteiger partial charge in [-0.05, 0) is 44.0 Å². The predicted molar refractivity (Wildman–Crippen MR) is 76.2 cm³/mol. The summed E-state index contributed by atoms with van der Waals surface area (Å²) in [7, 11) is 1.77. The van der Waals surface area contributed by atoms with Crippen LogP contribution in [0.15, 0.2) is 18.2 Å². The van der Waals surface area contributed by atoms with Crippen LogP contribution in [0.5, 0.6) is 0 Å². The van der Waals surface area contributed by atoms with Gasteiger partial charge in [0.05, 0.1) is 6.61 Å². The highest BCUT2D eigenvalue weighted by Crippen LogP contribution is 2.27. The topological polar surface area (TPSA) is 24.5 Å². The van der Waals surface area contributed by atoms with Gasteiger partial charge in [-0.15, -0.1) is 0 Å². The Kier molecular flexibility index (Phi) is 4.61. The highest BCUT2D eigenvalue weighted by atomic mass is 16.5. The number of benzene rings is 1. The predicted octanol–water partition coefficient (Wildman–Crippen LogP) is 2.19. The molecule has 0 radical (unpaired) electrons. The summed E-state index contributed by atoms with van der Waals surface area (Å²) in [5.74, 6) is 0. The third-order valence-electron chi connectivity index (χ3n) is 3.71. The highest BCUT2D eigenvalue weighted by Gasteiger charge is 2.19. The molecule has 0 saturated heterocycles. The van der Waals surface area contributed by atoms with Crippen molar-refractivity contribution in [2.45, 2.75) is 32.9 Å². The summed E-state index contributed by atoms with van der Waals surface area (Å²) in [6.45, 7) is 8.30. The first kappa shape index (κ1) is 13.4. The van der Waals surface area contributed by atoms with E-state index in [0.717, 1.165) is 32.7 Å². The molecule has 0 fully saturated rings. The van der Waals surface area contributed by atoms with Crippen molar-refractivity contribution in [2.24, 2.45) is 0 Å². The van der Waals surface area contributed by atoms with Crippen LogP contribution in [0.4, 0.5) is 5.69 Å². The van der Waals surface area contributed by atoms with E-state index in [0.29, 0.717) is 6.04 Å². The molecule has 0 amide bonds. The van der Waals surface area contributed by atoms with Crippen LogP contribution >= 0.6 is 0 Å². The second kappa shape index (κ2) is 6.21. The zero-order chi connectivity index (χ0) is 13.0. The largest absolute Gasteiger partial charge is 0.383 e. The van der Waals surface area contributed by atoms with E-state index in [-0.39, 0.29) is 0 Å². The third-order valence-corrected chi connectivity index (χ3v) is 3.71. The molecule has 0 aromatic heterocycles. The summed E-state index contributed by atoms with van der Waals surface area (Å²) >= 11 is 0. The number of rotatable bonds is 5. The first-order chi connectivity index (χ1) is 8.77. The van der Waals surface area contributed by atoms with Crippen molar-refractivity contribution in [1.29, 1.82) is 0 Å². The molecule has 1 aromatic rings. The molecule has 0 saturated carbocycles. The van der Waals surface area contributed by atoms with Gasteiger partial charge < -0.3 is 15.0 Å². The summed E-state index contributed by atoms with van der Waals surface area (Å²) in [5.41, 5.74) is 4.33. The van der Waals surface area contributed by atoms with E-state index in [2.05, 4.69) is 42.3 Å². The molecule has 1 aliphatic rings. The Morgan fingerprint density at radius 3 is 3.00 bits per heavy atom. The minimum absolute atomic E-state index is 0.411. The number of hydrogen-bond donors (Lipinski definition) is 1. The lowest BCUT2D eigenvalue weighted by Crippen LogP contribution is -2.38. The maximum absolute atomic E-state index is 5.29. The van der Waals surface area contributed by atoms with Crippen molar-refractivity contribution >= 4 is 5.69 Å². The quantitative estimate of drug-likeness (QED) is 0.864. The number of methoxy groups -OCH3 is 1. The van der Waals surface area contributed by atoms with Crippen LogP contribution in [0.25, 0.3) is 0 Å². The summed E-state index contributed by atoms with van der Waals surface area (Å²) in [6.07, 6.45) is 1.14. The second-order valence-electron chi connectivity index (χ2n) is 4.93. The Morgan fingerprint density at radius 1 is 1.44 bits per heavy atom. The van der Waals surface area contributed by atoms with Crippen LogP contribution < -0.4 is 10.2 Å². The molecule has 1 unspecified atom stereocenters. The van der Waals surface area contributed by atoms with Crippen molar-refractivity contribution < 1.29 is 4.74 Å².